The minimum absolute atomic E-state index is 0.186. The highest BCUT2D eigenvalue weighted by Crippen LogP contribution is 2.34. The van der Waals surface area contributed by atoms with Crippen LogP contribution in [0, 0.1) is 0 Å². The maximum Gasteiger partial charge on any atom is 0.200 e. The highest BCUT2D eigenvalue weighted by atomic mass is 32.2. The second-order valence-electron chi connectivity index (χ2n) is 8.37. The van der Waals surface area contributed by atoms with Crippen LogP contribution in [-0.4, -0.2) is 53.7 Å². The fourth-order valence-electron chi connectivity index (χ4n) is 4.28. The van der Waals surface area contributed by atoms with Crippen LogP contribution in [0.5, 0.6) is 0 Å². The largest absolute Gasteiger partial charge is 0.393 e. The number of para-hydroxylation sites is 1. The molecule has 166 valence electrons. The van der Waals surface area contributed by atoms with Gasteiger partial charge in [0.15, 0.2) is 5.65 Å². The van der Waals surface area contributed by atoms with Gasteiger partial charge in [0.05, 0.1) is 29.7 Å². The van der Waals surface area contributed by atoms with Crippen LogP contribution in [-0.2, 0) is 7.05 Å². The second-order valence-corrected chi connectivity index (χ2v) is 9.38. The molecule has 1 aromatic carbocycles. The summed E-state index contributed by atoms with van der Waals surface area (Å²) in [5, 5.41) is 24.7. The summed E-state index contributed by atoms with van der Waals surface area (Å²) in [5.41, 5.74) is 4.96. The van der Waals surface area contributed by atoms with E-state index in [1.807, 2.05) is 42.2 Å². The lowest BCUT2D eigenvalue weighted by atomic mass is 10.1. The Bertz CT molecular complexity index is 1450. The van der Waals surface area contributed by atoms with Crippen molar-refractivity contribution >= 4 is 34.0 Å². The SMILES string of the molecule is Cn1cc(-c2ccc3nnc(Sc4cccc5cc(N6CCC(O)CC6)cnc45)n3c2)cn1. The first-order valence-corrected chi connectivity index (χ1v) is 11.8. The summed E-state index contributed by atoms with van der Waals surface area (Å²) in [6.07, 6.45) is 9.25. The molecule has 4 aromatic heterocycles. The average Bonchev–Trinajstić information content (AvgIpc) is 3.45. The van der Waals surface area contributed by atoms with Gasteiger partial charge in [0.25, 0.3) is 0 Å². The molecule has 0 radical (unpaired) electrons. The Hall–Kier alpha value is -3.43. The van der Waals surface area contributed by atoms with Crippen molar-refractivity contribution in [2.24, 2.45) is 7.05 Å². The summed E-state index contributed by atoms with van der Waals surface area (Å²) < 4.78 is 3.81. The molecule has 1 aliphatic rings. The van der Waals surface area contributed by atoms with Crippen molar-refractivity contribution in [1.82, 2.24) is 29.4 Å². The predicted molar refractivity (Wildman–Crippen MR) is 129 cm³/mol. The molecule has 0 amide bonds. The van der Waals surface area contributed by atoms with Crippen molar-refractivity contribution in [1.29, 1.82) is 0 Å². The van der Waals surface area contributed by atoms with Crippen LogP contribution < -0.4 is 4.90 Å². The number of aromatic nitrogens is 6. The highest BCUT2D eigenvalue weighted by Gasteiger charge is 2.18. The van der Waals surface area contributed by atoms with Crippen LogP contribution in [0.25, 0.3) is 27.7 Å². The summed E-state index contributed by atoms with van der Waals surface area (Å²) in [5.74, 6) is 0. The molecular weight excluding hydrogens is 434 g/mol. The Kier molecular flexibility index (Phi) is 5.00. The lowest BCUT2D eigenvalue weighted by Gasteiger charge is -2.31. The average molecular weight is 458 g/mol. The van der Waals surface area contributed by atoms with Crippen LogP contribution in [0.1, 0.15) is 12.8 Å². The molecule has 0 atom stereocenters. The Labute approximate surface area is 194 Å². The second kappa shape index (κ2) is 8.17. The van der Waals surface area contributed by atoms with E-state index in [2.05, 4.69) is 50.7 Å². The standard InChI is InChI=1S/C24H23N7OS/c1-29-14-18(12-26-29)17-5-6-22-27-28-24(31(22)15-17)33-21-4-2-3-16-11-19(13-25-23(16)21)30-9-7-20(32)8-10-30/h2-6,11-15,20,32H,7-10H2,1H3. The lowest BCUT2D eigenvalue weighted by Crippen LogP contribution is -2.35. The first-order chi connectivity index (χ1) is 16.1. The van der Waals surface area contributed by atoms with Gasteiger partial charge in [0.1, 0.15) is 0 Å². The van der Waals surface area contributed by atoms with Crippen LogP contribution in [0.2, 0.25) is 0 Å². The van der Waals surface area contributed by atoms with Crippen molar-refractivity contribution in [2.45, 2.75) is 29.0 Å². The molecule has 0 unspecified atom stereocenters. The fraction of sp³-hybridized carbons (Fsp3) is 0.250. The number of benzene rings is 1. The Morgan fingerprint density at radius 1 is 1.00 bits per heavy atom. The van der Waals surface area contributed by atoms with E-state index in [-0.39, 0.29) is 6.10 Å². The molecular formula is C24H23N7OS. The smallest absolute Gasteiger partial charge is 0.200 e. The van der Waals surface area contributed by atoms with Gasteiger partial charge >= 0.3 is 0 Å². The van der Waals surface area contributed by atoms with E-state index in [0.29, 0.717) is 0 Å². The molecule has 5 aromatic rings. The van der Waals surface area contributed by atoms with Crippen molar-refractivity contribution in [3.63, 3.8) is 0 Å². The van der Waals surface area contributed by atoms with E-state index in [4.69, 9.17) is 4.98 Å². The molecule has 0 spiro atoms. The van der Waals surface area contributed by atoms with Gasteiger partial charge in [-0.1, -0.05) is 12.1 Å². The quantitative estimate of drug-likeness (QED) is 0.440. The predicted octanol–water partition coefficient (Wildman–Crippen LogP) is 3.79. The summed E-state index contributed by atoms with van der Waals surface area (Å²) in [7, 11) is 1.91. The van der Waals surface area contributed by atoms with Crippen LogP contribution in [0.3, 0.4) is 0 Å². The number of hydrogen-bond donors (Lipinski definition) is 1. The van der Waals surface area contributed by atoms with E-state index < -0.39 is 0 Å². The molecule has 8 nitrogen and oxygen atoms in total. The number of aliphatic hydroxyl groups excluding tert-OH is 1. The summed E-state index contributed by atoms with van der Waals surface area (Å²) >= 11 is 1.56. The molecule has 0 bridgehead atoms. The molecule has 1 fully saturated rings. The topological polar surface area (TPSA) is 84.4 Å². The molecule has 1 N–H and O–H groups in total. The van der Waals surface area contributed by atoms with Gasteiger partial charge in [-0.05, 0) is 48.9 Å². The number of nitrogens with zero attached hydrogens (tertiary/aromatic N) is 7. The lowest BCUT2D eigenvalue weighted by molar-refractivity contribution is 0.145. The van der Waals surface area contributed by atoms with E-state index in [0.717, 1.165) is 69.3 Å². The van der Waals surface area contributed by atoms with Crippen LogP contribution in [0.15, 0.2) is 71.2 Å². The third-order valence-electron chi connectivity index (χ3n) is 6.10. The Morgan fingerprint density at radius 2 is 1.88 bits per heavy atom. The molecule has 0 aliphatic carbocycles. The normalized spacial score (nSPS) is 15.0. The maximum absolute atomic E-state index is 9.80. The molecule has 0 saturated carbocycles. The van der Waals surface area contributed by atoms with Crippen LogP contribution >= 0.6 is 11.8 Å². The zero-order valence-electron chi connectivity index (χ0n) is 18.2. The van der Waals surface area contributed by atoms with Crippen molar-refractivity contribution in [3.8, 4) is 11.1 Å². The molecule has 6 rings (SSSR count). The molecule has 9 heteroatoms. The third-order valence-corrected chi connectivity index (χ3v) is 7.11. The number of pyridine rings is 2. The maximum atomic E-state index is 9.80. The molecule has 33 heavy (non-hydrogen) atoms. The van der Waals surface area contributed by atoms with E-state index in [1.54, 1.807) is 16.4 Å². The fourth-order valence-corrected chi connectivity index (χ4v) is 5.22. The number of rotatable bonds is 4. The Balaban J connectivity index is 1.33. The monoisotopic (exact) mass is 457 g/mol. The highest BCUT2D eigenvalue weighted by molar-refractivity contribution is 7.99. The number of piperidine rings is 1. The number of anilines is 1. The minimum Gasteiger partial charge on any atom is -0.393 e. The van der Waals surface area contributed by atoms with Gasteiger partial charge in [-0.2, -0.15) is 5.10 Å². The summed E-state index contributed by atoms with van der Waals surface area (Å²) in [6.45, 7) is 1.71. The van der Waals surface area contributed by atoms with Crippen molar-refractivity contribution in [2.75, 3.05) is 18.0 Å². The van der Waals surface area contributed by atoms with Crippen LogP contribution in [0.4, 0.5) is 5.69 Å². The first kappa shape index (κ1) is 20.2. The molecule has 1 aliphatic heterocycles. The van der Waals surface area contributed by atoms with Gasteiger partial charge in [-0.25, -0.2) is 0 Å². The number of aliphatic hydroxyl groups is 1. The van der Waals surface area contributed by atoms with Crippen molar-refractivity contribution in [3.05, 3.63) is 61.2 Å². The third kappa shape index (κ3) is 3.83. The van der Waals surface area contributed by atoms with Gasteiger partial charge in [0.2, 0.25) is 5.16 Å². The summed E-state index contributed by atoms with van der Waals surface area (Å²) in [6, 6.07) is 12.4. The summed E-state index contributed by atoms with van der Waals surface area (Å²) in [4.78, 5) is 8.14. The van der Waals surface area contributed by atoms with E-state index >= 15 is 0 Å². The van der Waals surface area contributed by atoms with Gasteiger partial charge < -0.3 is 10.0 Å². The van der Waals surface area contributed by atoms with E-state index in [9.17, 15) is 5.11 Å². The number of fused-ring (bicyclic) bond motifs is 2. The zero-order valence-corrected chi connectivity index (χ0v) is 19.0. The van der Waals surface area contributed by atoms with Crippen molar-refractivity contribution < 1.29 is 5.11 Å². The molecule has 1 saturated heterocycles. The van der Waals surface area contributed by atoms with Gasteiger partial charge in [-0.15, -0.1) is 10.2 Å². The first-order valence-electron chi connectivity index (χ1n) is 11.0. The minimum atomic E-state index is -0.186. The zero-order chi connectivity index (χ0) is 22.4. The van der Waals surface area contributed by atoms with E-state index in [1.165, 1.54) is 0 Å². The number of hydrogen-bond acceptors (Lipinski definition) is 7. The molecule has 5 heterocycles. The van der Waals surface area contributed by atoms with Gasteiger partial charge in [0, 0.05) is 53.9 Å². The Morgan fingerprint density at radius 3 is 2.70 bits per heavy atom. The number of aryl methyl sites for hydroxylation is 1. The van der Waals surface area contributed by atoms with Gasteiger partial charge in [-0.3, -0.25) is 14.1 Å².